The van der Waals surface area contributed by atoms with Crippen LogP contribution in [0.1, 0.15) is 50.5 Å². The zero-order valence-corrected chi connectivity index (χ0v) is 24.4. The molecule has 0 unspecified atom stereocenters. The first-order valence-corrected chi connectivity index (χ1v) is 16.1. The molecular weight excluding hydrogens is 562 g/mol. The van der Waals surface area contributed by atoms with Crippen molar-refractivity contribution in [2.75, 3.05) is 31.1 Å². The molecule has 1 aliphatic heterocycles. The van der Waals surface area contributed by atoms with E-state index in [9.17, 15) is 18.5 Å². The first-order valence-electron chi connectivity index (χ1n) is 13.8. The van der Waals surface area contributed by atoms with Crippen molar-refractivity contribution < 1.29 is 13.2 Å². The highest BCUT2D eigenvalue weighted by Gasteiger charge is 2.47. The zero-order chi connectivity index (χ0) is 28.5. The second-order valence-corrected chi connectivity index (χ2v) is 14.0. The summed E-state index contributed by atoms with van der Waals surface area (Å²) < 4.78 is 31.1. The summed E-state index contributed by atoms with van der Waals surface area (Å²) in [5.41, 5.74) is 0.180. The third-order valence-electron chi connectivity index (χ3n) is 8.04. The van der Waals surface area contributed by atoms with Gasteiger partial charge in [0.05, 0.1) is 21.9 Å². The van der Waals surface area contributed by atoms with E-state index in [2.05, 4.69) is 35.9 Å². The van der Waals surface area contributed by atoms with E-state index in [1.807, 2.05) is 23.3 Å². The average molecular weight is 592 g/mol. The number of amides is 1. The SMILES string of the molecule is CC(C)c1nnc(-n2c3cc(S(=O)(=O)NC4(C#N)CC4)ccc3c3c(N4CCN(C(=O)C5CC5)CC4)ncnc32)s1. The van der Waals surface area contributed by atoms with Crippen molar-refractivity contribution in [2.45, 2.75) is 55.9 Å². The molecule has 4 heterocycles. The van der Waals surface area contributed by atoms with E-state index in [0.29, 0.717) is 55.3 Å². The Morgan fingerprint density at radius 3 is 2.54 bits per heavy atom. The van der Waals surface area contributed by atoms with Gasteiger partial charge in [0.1, 0.15) is 22.7 Å². The number of sulfonamides is 1. The number of hydrogen-bond donors (Lipinski definition) is 1. The Balaban J connectivity index is 1.35. The molecule has 212 valence electrons. The fourth-order valence-electron chi connectivity index (χ4n) is 5.36. The topological polar surface area (TPSA) is 150 Å². The van der Waals surface area contributed by atoms with Crippen LogP contribution in [0.15, 0.2) is 29.4 Å². The van der Waals surface area contributed by atoms with Crippen molar-refractivity contribution in [1.82, 2.24) is 34.4 Å². The second kappa shape index (κ2) is 9.43. The van der Waals surface area contributed by atoms with Crippen LogP contribution in [-0.4, -0.2) is 75.7 Å². The van der Waals surface area contributed by atoms with E-state index < -0.39 is 15.6 Å². The van der Waals surface area contributed by atoms with E-state index in [0.717, 1.165) is 34.4 Å². The van der Waals surface area contributed by atoms with Gasteiger partial charge >= 0.3 is 0 Å². The Bertz CT molecular complexity index is 1840. The van der Waals surface area contributed by atoms with E-state index >= 15 is 0 Å². The first kappa shape index (κ1) is 26.2. The molecule has 7 rings (SSSR count). The summed E-state index contributed by atoms with van der Waals surface area (Å²) in [7, 11) is -3.95. The van der Waals surface area contributed by atoms with Crippen LogP contribution >= 0.6 is 11.3 Å². The predicted molar refractivity (Wildman–Crippen MR) is 153 cm³/mol. The van der Waals surface area contributed by atoms with E-state index in [1.165, 1.54) is 17.7 Å². The lowest BCUT2D eigenvalue weighted by Crippen LogP contribution is -2.49. The van der Waals surface area contributed by atoms with Crippen LogP contribution < -0.4 is 9.62 Å². The number of nitrogens with zero attached hydrogens (tertiary/aromatic N) is 8. The Morgan fingerprint density at radius 2 is 1.90 bits per heavy atom. The minimum atomic E-state index is -3.95. The lowest BCUT2D eigenvalue weighted by atomic mass is 10.2. The summed E-state index contributed by atoms with van der Waals surface area (Å²) in [6.45, 7) is 6.62. The number of rotatable bonds is 7. The molecule has 2 aliphatic carbocycles. The van der Waals surface area contributed by atoms with Gasteiger partial charge in [-0.3, -0.25) is 9.36 Å². The summed E-state index contributed by atoms with van der Waals surface area (Å²) >= 11 is 1.43. The number of anilines is 1. The van der Waals surface area contributed by atoms with Crippen molar-refractivity contribution in [2.24, 2.45) is 5.92 Å². The highest BCUT2D eigenvalue weighted by atomic mass is 32.2. The highest BCUT2D eigenvalue weighted by Crippen LogP contribution is 2.40. The van der Waals surface area contributed by atoms with Gasteiger partial charge in [0, 0.05) is 43.4 Å². The van der Waals surface area contributed by atoms with Gasteiger partial charge in [-0.1, -0.05) is 31.3 Å². The second-order valence-electron chi connectivity index (χ2n) is 11.4. The maximum absolute atomic E-state index is 13.3. The quantitative estimate of drug-likeness (QED) is 0.342. The first-order chi connectivity index (χ1) is 19.7. The minimum Gasteiger partial charge on any atom is -0.352 e. The molecule has 1 amide bonds. The Morgan fingerprint density at radius 1 is 1.15 bits per heavy atom. The van der Waals surface area contributed by atoms with Crippen LogP contribution in [0.4, 0.5) is 5.82 Å². The Hall–Kier alpha value is -3.67. The molecule has 3 aliphatic rings. The maximum Gasteiger partial charge on any atom is 0.242 e. The molecule has 0 bridgehead atoms. The number of aromatic nitrogens is 5. The van der Waals surface area contributed by atoms with Gasteiger partial charge < -0.3 is 9.80 Å². The summed E-state index contributed by atoms with van der Waals surface area (Å²) in [5.74, 6) is 1.35. The van der Waals surface area contributed by atoms with Gasteiger partial charge in [0.25, 0.3) is 0 Å². The van der Waals surface area contributed by atoms with Crippen molar-refractivity contribution >= 4 is 55.0 Å². The molecule has 14 heteroatoms. The molecule has 0 atom stereocenters. The molecule has 0 spiro atoms. The highest BCUT2D eigenvalue weighted by molar-refractivity contribution is 7.89. The van der Waals surface area contributed by atoms with E-state index in [-0.39, 0.29) is 22.6 Å². The standard InChI is InChI=1S/C27H29N9O3S2/c1-16(2)24-31-32-26(40-24)36-20-13-18(41(38,39)33-27(14-28)7-8-27)5-6-19(20)21-22(29-15-30-23(21)36)34-9-11-35(12-10-34)25(37)17-3-4-17/h5-6,13,15-17,33H,3-4,7-12H2,1-2H3. The molecule has 1 saturated heterocycles. The molecule has 3 fully saturated rings. The molecular formula is C27H29N9O3S2. The Labute approximate surface area is 241 Å². The van der Waals surface area contributed by atoms with Crippen molar-refractivity contribution in [1.29, 1.82) is 5.26 Å². The molecule has 0 radical (unpaired) electrons. The lowest BCUT2D eigenvalue weighted by molar-refractivity contribution is -0.132. The third kappa shape index (κ3) is 4.52. The van der Waals surface area contributed by atoms with Crippen LogP contribution in [0.25, 0.3) is 27.1 Å². The molecule has 41 heavy (non-hydrogen) atoms. The number of piperazine rings is 1. The number of nitriles is 1. The molecule has 3 aromatic heterocycles. The van der Waals surface area contributed by atoms with Crippen molar-refractivity contribution in [3.8, 4) is 11.2 Å². The van der Waals surface area contributed by atoms with Gasteiger partial charge in [-0.25, -0.2) is 18.4 Å². The number of carbonyl (C=O) groups excluding carboxylic acids is 1. The smallest absolute Gasteiger partial charge is 0.242 e. The van der Waals surface area contributed by atoms with Crippen LogP contribution in [0, 0.1) is 17.2 Å². The normalized spacial score (nSPS) is 18.8. The lowest BCUT2D eigenvalue weighted by Gasteiger charge is -2.35. The van der Waals surface area contributed by atoms with Crippen LogP contribution in [0.3, 0.4) is 0 Å². The van der Waals surface area contributed by atoms with Gasteiger partial charge in [-0.05, 0) is 37.8 Å². The van der Waals surface area contributed by atoms with Crippen LogP contribution in [-0.2, 0) is 14.8 Å². The minimum absolute atomic E-state index is 0.0610. The van der Waals surface area contributed by atoms with Gasteiger partial charge in [0.2, 0.25) is 21.1 Å². The molecule has 4 aromatic rings. The fourth-order valence-corrected chi connectivity index (χ4v) is 7.61. The van der Waals surface area contributed by atoms with Crippen LogP contribution in [0.5, 0.6) is 0 Å². The number of fused-ring (bicyclic) bond motifs is 3. The maximum atomic E-state index is 13.3. The third-order valence-corrected chi connectivity index (χ3v) is 10.8. The van der Waals surface area contributed by atoms with Crippen LogP contribution in [0.2, 0.25) is 0 Å². The van der Waals surface area contributed by atoms with Crippen molar-refractivity contribution in [3.63, 3.8) is 0 Å². The molecule has 1 aromatic carbocycles. The van der Waals surface area contributed by atoms with Crippen molar-refractivity contribution in [3.05, 3.63) is 29.5 Å². The van der Waals surface area contributed by atoms with Gasteiger partial charge in [-0.2, -0.15) is 9.98 Å². The molecule has 1 N–H and O–H groups in total. The monoisotopic (exact) mass is 591 g/mol. The number of benzene rings is 1. The summed E-state index contributed by atoms with van der Waals surface area (Å²) in [6.07, 6.45) is 4.47. The summed E-state index contributed by atoms with van der Waals surface area (Å²) in [5, 5.41) is 21.3. The predicted octanol–water partition coefficient (Wildman–Crippen LogP) is 2.94. The molecule has 2 saturated carbocycles. The summed E-state index contributed by atoms with van der Waals surface area (Å²) in [6, 6.07) is 7.04. The van der Waals surface area contributed by atoms with E-state index in [1.54, 1.807) is 18.2 Å². The molecule has 12 nitrogen and oxygen atoms in total. The van der Waals surface area contributed by atoms with Gasteiger partial charge in [-0.15, -0.1) is 10.2 Å². The zero-order valence-electron chi connectivity index (χ0n) is 22.7. The number of hydrogen-bond acceptors (Lipinski definition) is 10. The number of nitrogens with one attached hydrogen (secondary N) is 1. The number of carbonyl (C=O) groups is 1. The average Bonchev–Trinajstić information content (AvgIpc) is 3.88. The van der Waals surface area contributed by atoms with Gasteiger partial charge in [0.15, 0.2) is 5.65 Å². The van der Waals surface area contributed by atoms with E-state index in [4.69, 9.17) is 0 Å². The summed E-state index contributed by atoms with van der Waals surface area (Å²) in [4.78, 5) is 26.1. The Kier molecular flexibility index (Phi) is 6.04. The fraction of sp³-hybridized carbons (Fsp3) is 0.481. The largest absolute Gasteiger partial charge is 0.352 e.